The third kappa shape index (κ3) is 4.53. The predicted octanol–water partition coefficient (Wildman–Crippen LogP) is -1.40. The summed E-state index contributed by atoms with van der Waals surface area (Å²) in [6.07, 6.45) is -0.944. The summed E-state index contributed by atoms with van der Waals surface area (Å²) in [6.45, 7) is 1.53. The summed E-state index contributed by atoms with van der Waals surface area (Å²) in [5.41, 5.74) is 1.82. The smallest absolute Gasteiger partial charge is 0.321 e. The highest BCUT2D eigenvalue weighted by atomic mass is 16.5. The van der Waals surface area contributed by atoms with Gasteiger partial charge in [0, 0.05) is 11.8 Å². The first-order chi connectivity index (χ1) is 8.55. The molecule has 0 saturated heterocycles. The van der Waals surface area contributed by atoms with Crippen molar-refractivity contribution in [2.75, 3.05) is 11.9 Å². The Labute approximate surface area is 103 Å². The maximum absolute atomic E-state index is 11.4. The lowest BCUT2D eigenvalue weighted by atomic mass is 10.4. The Kier molecular flexibility index (Phi) is 5.30. The van der Waals surface area contributed by atoms with Gasteiger partial charge < -0.3 is 15.2 Å². The Morgan fingerprint density at radius 3 is 3.00 bits per heavy atom. The van der Waals surface area contributed by atoms with Crippen molar-refractivity contribution in [3.63, 3.8) is 0 Å². The molecule has 0 saturated carbocycles. The number of anilines is 1. The van der Waals surface area contributed by atoms with Gasteiger partial charge in [-0.1, -0.05) is 0 Å². The molecule has 0 aliphatic rings. The molecule has 0 spiro atoms. The van der Waals surface area contributed by atoms with Crippen LogP contribution < -0.4 is 21.7 Å². The Morgan fingerprint density at radius 2 is 2.44 bits per heavy atom. The van der Waals surface area contributed by atoms with Crippen molar-refractivity contribution in [1.29, 1.82) is 0 Å². The van der Waals surface area contributed by atoms with E-state index in [0.717, 1.165) is 0 Å². The Hall–Kier alpha value is -1.91. The second-order valence-corrected chi connectivity index (χ2v) is 3.32. The standard InChI is InChI=1S/C8H12BN5O4/c1-4-2-5(15)12-7(11-4)13-8(16)10-3-6(14-17)18-9/h2,6,14,17H,3H2,1H3,(H3,10,11,12,13,15,16). The van der Waals surface area contributed by atoms with Crippen LogP contribution in [0.15, 0.2) is 10.9 Å². The van der Waals surface area contributed by atoms with Gasteiger partial charge in [-0.3, -0.25) is 15.1 Å². The summed E-state index contributed by atoms with van der Waals surface area (Å²) in [5.74, 6) is 0.0136. The Balaban J connectivity index is 2.51. The van der Waals surface area contributed by atoms with Gasteiger partial charge >= 0.3 is 6.03 Å². The monoisotopic (exact) mass is 253 g/mol. The molecule has 1 atom stereocenters. The van der Waals surface area contributed by atoms with Gasteiger partial charge in [-0.15, -0.1) is 0 Å². The minimum absolute atomic E-state index is 0.0136. The SMILES string of the molecule is [B]OC(CNC(=O)Nc1nc(C)cc(=O)[nH]1)NO. The number of rotatable bonds is 5. The van der Waals surface area contributed by atoms with Gasteiger partial charge in [-0.2, -0.15) is 5.48 Å². The van der Waals surface area contributed by atoms with E-state index in [0.29, 0.717) is 5.69 Å². The van der Waals surface area contributed by atoms with E-state index in [2.05, 4.69) is 25.3 Å². The molecule has 0 bridgehead atoms. The molecule has 0 fully saturated rings. The van der Waals surface area contributed by atoms with Gasteiger partial charge in [0.2, 0.25) is 5.95 Å². The molecule has 1 aromatic rings. The fourth-order valence-electron chi connectivity index (χ4n) is 1.10. The number of hydrogen-bond donors (Lipinski definition) is 5. The average Bonchev–Trinajstić information content (AvgIpc) is 2.28. The lowest BCUT2D eigenvalue weighted by Gasteiger charge is -2.14. The van der Waals surface area contributed by atoms with Crippen LogP contribution in [0.1, 0.15) is 5.69 Å². The largest absolute Gasteiger partial charge is 0.431 e. The van der Waals surface area contributed by atoms with Gasteiger partial charge in [0.1, 0.15) is 6.23 Å². The minimum Gasteiger partial charge on any atom is -0.431 e. The van der Waals surface area contributed by atoms with E-state index in [9.17, 15) is 9.59 Å². The number of urea groups is 1. The van der Waals surface area contributed by atoms with Crippen molar-refractivity contribution >= 4 is 20.0 Å². The number of nitrogens with zero attached hydrogens (tertiary/aromatic N) is 1. The highest BCUT2D eigenvalue weighted by molar-refractivity contribution is 5.98. The van der Waals surface area contributed by atoms with Crippen molar-refractivity contribution in [2.45, 2.75) is 13.2 Å². The summed E-state index contributed by atoms with van der Waals surface area (Å²) in [5, 5.41) is 13.2. The van der Waals surface area contributed by atoms with Gasteiger partial charge in [0.05, 0.1) is 6.54 Å². The first kappa shape index (κ1) is 14.2. The molecule has 0 aliphatic carbocycles. The van der Waals surface area contributed by atoms with E-state index in [4.69, 9.17) is 13.3 Å². The van der Waals surface area contributed by atoms with Gasteiger partial charge in [-0.25, -0.2) is 9.78 Å². The maximum Gasteiger partial charge on any atom is 0.321 e. The summed E-state index contributed by atoms with van der Waals surface area (Å²) >= 11 is 0. The van der Waals surface area contributed by atoms with E-state index in [-0.39, 0.29) is 18.1 Å². The third-order valence-electron chi connectivity index (χ3n) is 1.86. The molecule has 1 rings (SSSR count). The number of nitrogens with one attached hydrogen (secondary N) is 4. The number of carbonyl (C=O) groups is 1. The van der Waals surface area contributed by atoms with Crippen molar-refractivity contribution in [3.8, 4) is 0 Å². The number of aromatic amines is 1. The molecule has 1 unspecified atom stereocenters. The summed E-state index contributed by atoms with van der Waals surface area (Å²) in [4.78, 5) is 28.7. The molecule has 1 aromatic heterocycles. The lowest BCUT2D eigenvalue weighted by Crippen LogP contribution is -2.42. The number of amides is 2. The molecular weight excluding hydrogens is 241 g/mol. The van der Waals surface area contributed by atoms with Crippen molar-refractivity contribution < 1.29 is 14.7 Å². The number of aromatic nitrogens is 2. The zero-order chi connectivity index (χ0) is 13.5. The first-order valence-corrected chi connectivity index (χ1v) is 4.93. The highest BCUT2D eigenvalue weighted by Gasteiger charge is 2.08. The van der Waals surface area contributed by atoms with E-state index >= 15 is 0 Å². The molecule has 18 heavy (non-hydrogen) atoms. The van der Waals surface area contributed by atoms with Crippen molar-refractivity contribution in [2.24, 2.45) is 0 Å². The first-order valence-electron chi connectivity index (χ1n) is 4.93. The second-order valence-electron chi connectivity index (χ2n) is 3.32. The average molecular weight is 253 g/mol. The normalized spacial score (nSPS) is 11.9. The number of hydroxylamine groups is 1. The Bertz CT molecular complexity index is 461. The zero-order valence-corrected chi connectivity index (χ0v) is 9.56. The van der Waals surface area contributed by atoms with Crippen LogP contribution in [-0.2, 0) is 4.65 Å². The van der Waals surface area contributed by atoms with E-state index < -0.39 is 12.3 Å². The Morgan fingerprint density at radius 1 is 1.72 bits per heavy atom. The topological polar surface area (TPSA) is 128 Å². The van der Waals surface area contributed by atoms with E-state index in [1.54, 1.807) is 12.4 Å². The van der Waals surface area contributed by atoms with Crippen LogP contribution in [0.25, 0.3) is 0 Å². The van der Waals surface area contributed by atoms with Crippen LogP contribution in [0.2, 0.25) is 0 Å². The molecule has 96 valence electrons. The van der Waals surface area contributed by atoms with Crippen LogP contribution in [0.3, 0.4) is 0 Å². The van der Waals surface area contributed by atoms with Crippen molar-refractivity contribution in [3.05, 3.63) is 22.1 Å². The van der Waals surface area contributed by atoms with Crippen LogP contribution in [-0.4, -0.2) is 42.0 Å². The lowest BCUT2D eigenvalue weighted by molar-refractivity contribution is 0.0261. The van der Waals surface area contributed by atoms with Crippen molar-refractivity contribution in [1.82, 2.24) is 20.8 Å². The zero-order valence-electron chi connectivity index (χ0n) is 9.56. The van der Waals surface area contributed by atoms with Crippen LogP contribution in [0.5, 0.6) is 0 Å². The minimum atomic E-state index is -0.944. The van der Waals surface area contributed by atoms with E-state index in [1.807, 2.05) is 0 Å². The number of carbonyl (C=O) groups excluding carboxylic acids is 1. The molecule has 10 heteroatoms. The molecule has 2 radical (unpaired) electrons. The number of aryl methyl sites for hydroxylation is 1. The van der Waals surface area contributed by atoms with Crippen LogP contribution in [0.4, 0.5) is 10.7 Å². The summed E-state index contributed by atoms with van der Waals surface area (Å²) in [6, 6.07) is 0.651. The molecule has 9 nitrogen and oxygen atoms in total. The maximum atomic E-state index is 11.4. The second kappa shape index (κ2) is 6.74. The molecular formula is C8H12BN5O4. The summed E-state index contributed by atoms with van der Waals surface area (Å²) in [7, 11) is 4.81. The van der Waals surface area contributed by atoms with Gasteiger partial charge in [-0.05, 0) is 6.92 Å². The third-order valence-corrected chi connectivity index (χ3v) is 1.86. The summed E-state index contributed by atoms with van der Waals surface area (Å²) < 4.78 is 4.26. The van der Waals surface area contributed by atoms with Crippen LogP contribution >= 0.6 is 0 Å². The van der Waals surface area contributed by atoms with Gasteiger partial charge in [0.15, 0.2) is 0 Å². The quantitative estimate of drug-likeness (QED) is 0.249. The predicted molar refractivity (Wildman–Crippen MR) is 62.2 cm³/mol. The molecule has 2 amide bonds. The number of H-pyrrole nitrogens is 1. The highest BCUT2D eigenvalue weighted by Crippen LogP contribution is 1.95. The molecule has 5 N–H and O–H groups in total. The molecule has 0 aliphatic heterocycles. The molecule has 0 aromatic carbocycles. The fourth-order valence-corrected chi connectivity index (χ4v) is 1.10. The number of hydrogen-bond acceptors (Lipinski definition) is 6. The van der Waals surface area contributed by atoms with E-state index in [1.165, 1.54) is 6.07 Å². The van der Waals surface area contributed by atoms with Crippen LogP contribution in [0, 0.1) is 6.92 Å². The fraction of sp³-hybridized carbons (Fsp3) is 0.375. The molecule has 1 heterocycles. The van der Waals surface area contributed by atoms with Gasteiger partial charge in [0.25, 0.3) is 13.6 Å².